The first-order valence-electron chi connectivity index (χ1n) is 5.98. The maximum absolute atomic E-state index is 12.9. The maximum atomic E-state index is 12.9. The minimum atomic E-state index is -3.72. The van der Waals surface area contributed by atoms with E-state index in [1.807, 2.05) is 0 Å². The Labute approximate surface area is 128 Å². The van der Waals surface area contributed by atoms with Crippen LogP contribution in [0.1, 0.15) is 5.56 Å². The zero-order valence-electron chi connectivity index (χ0n) is 12.3. The van der Waals surface area contributed by atoms with Crippen LogP contribution in [0.5, 0.6) is 0 Å². The lowest BCUT2D eigenvalue weighted by atomic mass is 10.2. The van der Waals surface area contributed by atoms with Gasteiger partial charge in [0.05, 0.1) is 12.0 Å². The molecule has 0 atom stereocenters. The molecule has 0 heterocycles. The van der Waals surface area contributed by atoms with Gasteiger partial charge in [0.2, 0.25) is 16.0 Å². The lowest BCUT2D eigenvalue weighted by Crippen LogP contribution is -2.45. The Morgan fingerprint density at radius 2 is 1.77 bits per heavy atom. The number of nitrogens with zero attached hydrogens (tertiary/aromatic N) is 3. The van der Waals surface area contributed by atoms with E-state index in [2.05, 4.69) is 11.6 Å². The number of sulfonamides is 1. The Bertz CT molecular complexity index is 713. The van der Waals surface area contributed by atoms with Gasteiger partial charge in [-0.25, -0.2) is 31.8 Å². The van der Waals surface area contributed by atoms with Gasteiger partial charge in [0.15, 0.2) is 0 Å². The summed E-state index contributed by atoms with van der Waals surface area (Å²) >= 11 is 0. The number of hydrogen-bond donors (Lipinski definition) is 1. The normalized spacial score (nSPS) is 11.9. The van der Waals surface area contributed by atoms with Crippen LogP contribution >= 0.6 is 0 Å². The number of benzene rings is 1. The molecule has 9 heteroatoms. The van der Waals surface area contributed by atoms with Crippen molar-refractivity contribution in [3.8, 4) is 0 Å². The van der Waals surface area contributed by atoms with Gasteiger partial charge in [0.1, 0.15) is 5.82 Å². The van der Waals surface area contributed by atoms with Crippen molar-refractivity contribution in [1.29, 1.82) is 0 Å². The largest absolute Gasteiger partial charge is 0.465 e. The molecule has 7 nitrogen and oxygen atoms in total. The van der Waals surface area contributed by atoms with E-state index in [4.69, 9.17) is 5.11 Å². The summed E-state index contributed by atoms with van der Waals surface area (Å²) in [6, 6.07) is 5.19. The number of rotatable bonds is 3. The summed E-state index contributed by atoms with van der Waals surface area (Å²) in [5.74, 6) is -0.791. The lowest BCUT2D eigenvalue weighted by Gasteiger charge is -2.24. The second-order valence-electron chi connectivity index (χ2n) is 4.44. The summed E-state index contributed by atoms with van der Waals surface area (Å²) in [5, 5.41) is 9.03. The molecule has 0 aliphatic heterocycles. The topological polar surface area (TPSA) is 90.3 Å². The minimum Gasteiger partial charge on any atom is -0.465 e. The number of halogens is 1. The summed E-state index contributed by atoms with van der Waals surface area (Å²) in [6.45, 7) is 3.65. The minimum absolute atomic E-state index is 0.0959. The van der Waals surface area contributed by atoms with Crippen molar-refractivity contribution in [2.75, 3.05) is 20.4 Å². The highest BCUT2D eigenvalue weighted by molar-refractivity contribution is 7.88. The molecule has 1 amide bonds. The van der Waals surface area contributed by atoms with Crippen LogP contribution in [0, 0.1) is 5.82 Å². The predicted octanol–water partition coefficient (Wildman–Crippen LogP) is 1.65. The van der Waals surface area contributed by atoms with E-state index in [-0.39, 0.29) is 11.7 Å². The average Bonchev–Trinajstić information content (AvgIpc) is 2.42. The van der Waals surface area contributed by atoms with E-state index in [1.54, 1.807) is 0 Å². The molecule has 0 aliphatic rings. The van der Waals surface area contributed by atoms with Crippen molar-refractivity contribution < 1.29 is 22.7 Å². The van der Waals surface area contributed by atoms with Crippen molar-refractivity contribution >= 4 is 27.8 Å². The maximum Gasteiger partial charge on any atom is 0.413 e. The van der Waals surface area contributed by atoms with Crippen LogP contribution in [0.2, 0.25) is 0 Å². The van der Waals surface area contributed by atoms with Crippen LogP contribution in [-0.4, -0.2) is 55.1 Å². The van der Waals surface area contributed by atoms with Crippen molar-refractivity contribution in [1.82, 2.24) is 9.21 Å². The monoisotopic (exact) mass is 329 g/mol. The molecular formula is C13H16FN3O4S. The first kappa shape index (κ1) is 17.6. The zero-order chi connectivity index (χ0) is 17.1. The van der Waals surface area contributed by atoms with E-state index in [1.165, 1.54) is 31.3 Å². The van der Waals surface area contributed by atoms with Gasteiger partial charge < -0.3 is 5.11 Å². The standard InChI is InChI=1S/C13H16FN3O4S/c1-9(10-5-7-11(14)8-6-10)15-12(16(2)13(18)19)17(3)22(4,20)21/h5-8H,1H2,2-4H3,(H,18,19). The number of guanidine groups is 1. The molecule has 0 saturated carbocycles. The Hall–Kier alpha value is -2.42. The van der Waals surface area contributed by atoms with Gasteiger partial charge in [-0.1, -0.05) is 6.58 Å². The predicted molar refractivity (Wildman–Crippen MR) is 81.3 cm³/mol. The molecular weight excluding hydrogens is 313 g/mol. The lowest BCUT2D eigenvalue weighted by molar-refractivity contribution is 0.173. The van der Waals surface area contributed by atoms with Crippen molar-refractivity contribution in [3.05, 3.63) is 42.2 Å². The van der Waals surface area contributed by atoms with Crippen LogP contribution in [0.4, 0.5) is 9.18 Å². The fraction of sp³-hybridized carbons (Fsp3) is 0.231. The summed E-state index contributed by atoms with van der Waals surface area (Å²) in [7, 11) is -1.39. The first-order chi connectivity index (χ1) is 10.0. The SMILES string of the molecule is C=C(N=C(N(C)C(=O)O)N(C)S(C)(=O)=O)c1ccc(F)cc1. The quantitative estimate of drug-likeness (QED) is 0.674. The summed E-state index contributed by atoms with van der Waals surface area (Å²) < 4.78 is 36.8. The molecule has 1 aromatic carbocycles. The Balaban J connectivity index is 3.28. The Morgan fingerprint density at radius 3 is 2.18 bits per heavy atom. The van der Waals surface area contributed by atoms with E-state index >= 15 is 0 Å². The molecule has 0 aromatic heterocycles. The van der Waals surface area contributed by atoms with Crippen molar-refractivity contribution in [2.45, 2.75) is 0 Å². The third-order valence-corrected chi connectivity index (χ3v) is 3.94. The van der Waals surface area contributed by atoms with Crippen LogP contribution in [0.3, 0.4) is 0 Å². The molecule has 0 unspecified atom stereocenters. The van der Waals surface area contributed by atoms with E-state index in [0.29, 0.717) is 10.5 Å². The van der Waals surface area contributed by atoms with Gasteiger partial charge in [-0.15, -0.1) is 0 Å². The highest BCUT2D eigenvalue weighted by Gasteiger charge is 2.24. The van der Waals surface area contributed by atoms with Gasteiger partial charge in [-0.2, -0.15) is 0 Å². The van der Waals surface area contributed by atoms with Gasteiger partial charge in [-0.3, -0.25) is 0 Å². The van der Waals surface area contributed by atoms with Crippen LogP contribution in [0.25, 0.3) is 5.70 Å². The fourth-order valence-corrected chi connectivity index (χ4v) is 1.88. The summed E-state index contributed by atoms with van der Waals surface area (Å²) in [4.78, 5) is 15.7. The first-order valence-corrected chi connectivity index (χ1v) is 7.83. The Kier molecular flexibility index (Phi) is 5.26. The second kappa shape index (κ2) is 6.56. The van der Waals surface area contributed by atoms with Gasteiger partial charge in [0, 0.05) is 14.1 Å². The molecule has 0 spiro atoms. The van der Waals surface area contributed by atoms with Crippen LogP contribution in [0.15, 0.2) is 35.8 Å². The molecule has 1 aromatic rings. The van der Waals surface area contributed by atoms with E-state index in [9.17, 15) is 17.6 Å². The van der Waals surface area contributed by atoms with Gasteiger partial charge >= 0.3 is 6.09 Å². The molecule has 1 N–H and O–H groups in total. The molecule has 120 valence electrons. The van der Waals surface area contributed by atoms with Gasteiger partial charge in [0.25, 0.3) is 0 Å². The van der Waals surface area contributed by atoms with E-state index < -0.39 is 21.9 Å². The smallest absolute Gasteiger partial charge is 0.413 e. The number of carbonyl (C=O) groups is 1. The highest BCUT2D eigenvalue weighted by Crippen LogP contribution is 2.16. The van der Waals surface area contributed by atoms with Crippen LogP contribution < -0.4 is 0 Å². The number of carboxylic acid groups (broad SMARTS) is 1. The third kappa shape index (κ3) is 4.29. The summed E-state index contributed by atoms with van der Waals surface area (Å²) in [5.41, 5.74) is 0.526. The summed E-state index contributed by atoms with van der Waals surface area (Å²) in [6.07, 6.45) is -0.472. The molecule has 0 fully saturated rings. The second-order valence-corrected chi connectivity index (χ2v) is 6.45. The fourth-order valence-electron chi connectivity index (χ4n) is 1.42. The molecule has 0 saturated heterocycles. The number of hydrogen-bond acceptors (Lipinski definition) is 4. The number of aliphatic imine (C=N–C) groups is 1. The zero-order valence-corrected chi connectivity index (χ0v) is 13.1. The average molecular weight is 329 g/mol. The molecule has 22 heavy (non-hydrogen) atoms. The van der Waals surface area contributed by atoms with E-state index in [0.717, 1.165) is 17.6 Å². The van der Waals surface area contributed by atoms with Crippen molar-refractivity contribution in [2.24, 2.45) is 4.99 Å². The molecule has 1 rings (SSSR count). The number of amides is 1. The van der Waals surface area contributed by atoms with Crippen LogP contribution in [-0.2, 0) is 10.0 Å². The van der Waals surface area contributed by atoms with Gasteiger partial charge in [-0.05, 0) is 29.8 Å². The third-order valence-electron chi connectivity index (χ3n) is 2.78. The molecule has 0 bridgehead atoms. The molecule has 0 radical (unpaired) electrons. The molecule has 0 aliphatic carbocycles. The Morgan fingerprint density at radius 1 is 1.27 bits per heavy atom. The van der Waals surface area contributed by atoms with Crippen molar-refractivity contribution in [3.63, 3.8) is 0 Å². The highest BCUT2D eigenvalue weighted by atomic mass is 32.2.